The molecule has 0 bridgehead atoms. The number of benzene rings is 1. The molecule has 2 aromatic rings. The smallest absolute Gasteiger partial charge is 0.407 e. The number of hydrogen-bond donors (Lipinski definition) is 2. The number of carbonyl (C=O) groups excluding carboxylic acids is 1. The molecule has 0 aliphatic heterocycles. The zero-order valence-corrected chi connectivity index (χ0v) is 17.8. The molecule has 3 rings (SSSR count). The second-order valence-corrected chi connectivity index (χ2v) is 8.89. The van der Waals surface area contributed by atoms with Crippen molar-refractivity contribution in [2.75, 3.05) is 7.11 Å². The third kappa shape index (κ3) is 5.82. The first-order chi connectivity index (χ1) is 13.7. The SMILES string of the molecule is COc1cnc2cccc(CC(O)[C@H]3CC[C@H](NC(=O)OC(C)(C)C)CC3)c2c1. The van der Waals surface area contributed by atoms with E-state index in [4.69, 9.17) is 9.47 Å². The van der Waals surface area contributed by atoms with E-state index in [9.17, 15) is 9.90 Å². The van der Waals surface area contributed by atoms with Crippen molar-refractivity contribution in [2.24, 2.45) is 5.92 Å². The fourth-order valence-electron chi connectivity index (χ4n) is 4.00. The third-order valence-electron chi connectivity index (χ3n) is 5.49. The van der Waals surface area contributed by atoms with Crippen molar-refractivity contribution in [2.45, 2.75) is 70.6 Å². The highest BCUT2D eigenvalue weighted by Gasteiger charge is 2.28. The Balaban J connectivity index is 1.57. The zero-order valence-electron chi connectivity index (χ0n) is 17.8. The molecule has 1 amide bonds. The molecule has 0 radical (unpaired) electrons. The van der Waals surface area contributed by atoms with E-state index in [0.717, 1.165) is 42.1 Å². The van der Waals surface area contributed by atoms with Gasteiger partial charge in [0.2, 0.25) is 0 Å². The summed E-state index contributed by atoms with van der Waals surface area (Å²) >= 11 is 0. The highest BCUT2D eigenvalue weighted by molar-refractivity contribution is 5.83. The molecule has 2 N–H and O–H groups in total. The molecule has 29 heavy (non-hydrogen) atoms. The Kier molecular flexibility index (Phi) is 6.63. The molecule has 6 heteroatoms. The lowest BCUT2D eigenvalue weighted by Crippen LogP contribution is -2.42. The zero-order chi connectivity index (χ0) is 21.0. The number of fused-ring (bicyclic) bond motifs is 1. The summed E-state index contributed by atoms with van der Waals surface area (Å²) < 4.78 is 10.6. The van der Waals surface area contributed by atoms with Gasteiger partial charge in [-0.25, -0.2) is 4.79 Å². The van der Waals surface area contributed by atoms with Crippen LogP contribution in [-0.2, 0) is 11.2 Å². The molecule has 0 spiro atoms. The number of rotatable bonds is 5. The number of pyridine rings is 1. The van der Waals surface area contributed by atoms with Gasteiger partial charge in [-0.05, 0) is 76.5 Å². The van der Waals surface area contributed by atoms with E-state index in [1.54, 1.807) is 13.3 Å². The first-order valence-corrected chi connectivity index (χ1v) is 10.3. The van der Waals surface area contributed by atoms with Crippen molar-refractivity contribution in [3.05, 3.63) is 36.0 Å². The number of methoxy groups -OCH3 is 1. The van der Waals surface area contributed by atoms with Crippen LogP contribution in [0.4, 0.5) is 4.79 Å². The number of amides is 1. The van der Waals surface area contributed by atoms with Crippen molar-refractivity contribution in [1.82, 2.24) is 10.3 Å². The van der Waals surface area contributed by atoms with Crippen LogP contribution in [0.2, 0.25) is 0 Å². The Morgan fingerprint density at radius 1 is 1.28 bits per heavy atom. The van der Waals surface area contributed by atoms with Gasteiger partial charge in [0.1, 0.15) is 11.4 Å². The van der Waals surface area contributed by atoms with E-state index >= 15 is 0 Å². The normalized spacial score (nSPS) is 20.9. The molecule has 1 aromatic carbocycles. The molecule has 1 aliphatic rings. The second-order valence-electron chi connectivity index (χ2n) is 8.89. The summed E-state index contributed by atoms with van der Waals surface area (Å²) in [4.78, 5) is 16.4. The number of aromatic nitrogens is 1. The van der Waals surface area contributed by atoms with Crippen LogP contribution in [0.1, 0.15) is 52.0 Å². The molecule has 158 valence electrons. The van der Waals surface area contributed by atoms with Crippen LogP contribution in [0.15, 0.2) is 30.5 Å². The number of nitrogens with one attached hydrogen (secondary N) is 1. The molecule has 1 aliphatic carbocycles. The van der Waals surface area contributed by atoms with Gasteiger partial charge in [-0.2, -0.15) is 0 Å². The molecule has 1 heterocycles. The van der Waals surface area contributed by atoms with Gasteiger partial charge < -0.3 is 19.9 Å². The minimum absolute atomic E-state index is 0.110. The summed E-state index contributed by atoms with van der Waals surface area (Å²) in [6.07, 6.45) is 4.98. The maximum absolute atomic E-state index is 12.0. The van der Waals surface area contributed by atoms with Gasteiger partial charge in [0.05, 0.1) is 24.9 Å². The predicted molar refractivity (Wildman–Crippen MR) is 113 cm³/mol. The van der Waals surface area contributed by atoms with Crippen molar-refractivity contribution in [3.8, 4) is 5.75 Å². The number of aliphatic hydroxyl groups excluding tert-OH is 1. The van der Waals surface area contributed by atoms with Crippen LogP contribution >= 0.6 is 0 Å². The van der Waals surface area contributed by atoms with Gasteiger partial charge >= 0.3 is 6.09 Å². The average Bonchev–Trinajstić information content (AvgIpc) is 2.67. The lowest BCUT2D eigenvalue weighted by Gasteiger charge is -2.32. The Morgan fingerprint density at radius 3 is 2.66 bits per heavy atom. The summed E-state index contributed by atoms with van der Waals surface area (Å²) in [6.45, 7) is 5.58. The van der Waals surface area contributed by atoms with Crippen LogP contribution in [0.25, 0.3) is 10.9 Å². The van der Waals surface area contributed by atoms with E-state index in [-0.39, 0.29) is 18.1 Å². The fraction of sp³-hybridized carbons (Fsp3) is 0.565. The molecule has 0 saturated heterocycles. The number of alkyl carbamates (subject to hydrolysis) is 1. The molecule has 6 nitrogen and oxygen atoms in total. The van der Waals surface area contributed by atoms with E-state index in [1.165, 1.54) is 0 Å². The summed E-state index contributed by atoms with van der Waals surface area (Å²) in [5.74, 6) is 0.939. The third-order valence-corrected chi connectivity index (χ3v) is 5.49. The fourth-order valence-corrected chi connectivity index (χ4v) is 4.00. The van der Waals surface area contributed by atoms with Gasteiger partial charge in [0.15, 0.2) is 0 Å². The minimum Gasteiger partial charge on any atom is -0.495 e. The van der Waals surface area contributed by atoms with Crippen LogP contribution in [0.5, 0.6) is 5.75 Å². The quantitative estimate of drug-likeness (QED) is 0.785. The lowest BCUT2D eigenvalue weighted by molar-refractivity contribution is 0.0451. The molecule has 1 saturated carbocycles. The van der Waals surface area contributed by atoms with E-state index in [0.29, 0.717) is 12.2 Å². The van der Waals surface area contributed by atoms with Crippen molar-refractivity contribution < 1.29 is 19.4 Å². The van der Waals surface area contributed by atoms with Crippen molar-refractivity contribution in [1.29, 1.82) is 0 Å². The largest absolute Gasteiger partial charge is 0.495 e. The number of nitrogens with zero attached hydrogens (tertiary/aromatic N) is 1. The lowest BCUT2D eigenvalue weighted by atomic mass is 9.80. The molecular weight excluding hydrogens is 368 g/mol. The van der Waals surface area contributed by atoms with Gasteiger partial charge in [0.25, 0.3) is 0 Å². The summed E-state index contributed by atoms with van der Waals surface area (Å²) in [6, 6.07) is 8.08. The first kappa shape index (κ1) is 21.4. The van der Waals surface area contributed by atoms with Gasteiger partial charge in [-0.3, -0.25) is 4.98 Å². The van der Waals surface area contributed by atoms with Crippen LogP contribution in [-0.4, -0.2) is 41.0 Å². The summed E-state index contributed by atoms with van der Waals surface area (Å²) in [7, 11) is 1.63. The predicted octanol–water partition coefficient (Wildman–Crippen LogP) is 4.23. The Morgan fingerprint density at radius 2 is 2.00 bits per heavy atom. The van der Waals surface area contributed by atoms with Crippen LogP contribution in [0.3, 0.4) is 0 Å². The van der Waals surface area contributed by atoms with E-state index in [2.05, 4.69) is 10.3 Å². The van der Waals surface area contributed by atoms with Crippen LogP contribution in [0, 0.1) is 5.92 Å². The van der Waals surface area contributed by atoms with Gasteiger partial charge in [-0.1, -0.05) is 12.1 Å². The van der Waals surface area contributed by atoms with E-state index < -0.39 is 11.7 Å². The summed E-state index contributed by atoms with van der Waals surface area (Å²) in [5, 5.41) is 14.8. The standard InChI is InChI=1S/C23H32N2O4/c1-23(2,3)29-22(27)25-17-10-8-15(9-11-17)21(26)12-16-6-5-7-20-19(16)13-18(28-4)14-24-20/h5-7,13-15,17,21,26H,8-12H2,1-4H3,(H,25,27)/t15-,17-,21?. The van der Waals surface area contributed by atoms with Crippen LogP contribution < -0.4 is 10.1 Å². The average molecular weight is 401 g/mol. The summed E-state index contributed by atoms with van der Waals surface area (Å²) in [5.41, 5.74) is 1.49. The van der Waals surface area contributed by atoms with E-state index in [1.807, 2.05) is 45.0 Å². The maximum atomic E-state index is 12.0. The van der Waals surface area contributed by atoms with Crippen molar-refractivity contribution >= 4 is 17.0 Å². The number of ether oxygens (including phenoxy) is 2. The molecule has 1 atom stereocenters. The highest BCUT2D eigenvalue weighted by Crippen LogP contribution is 2.30. The van der Waals surface area contributed by atoms with Gasteiger partial charge in [0, 0.05) is 11.4 Å². The second kappa shape index (κ2) is 8.99. The maximum Gasteiger partial charge on any atom is 0.407 e. The number of aliphatic hydroxyl groups is 1. The first-order valence-electron chi connectivity index (χ1n) is 10.3. The Hall–Kier alpha value is -2.34. The highest BCUT2D eigenvalue weighted by atomic mass is 16.6. The molecule has 1 unspecified atom stereocenters. The topological polar surface area (TPSA) is 80.7 Å². The van der Waals surface area contributed by atoms with Gasteiger partial charge in [-0.15, -0.1) is 0 Å². The molecule has 1 aromatic heterocycles. The Bertz CT molecular complexity index is 838. The van der Waals surface area contributed by atoms with Crippen molar-refractivity contribution in [3.63, 3.8) is 0 Å². The minimum atomic E-state index is -0.493. The molecule has 1 fully saturated rings. The number of carbonyl (C=O) groups is 1. The number of hydrogen-bond acceptors (Lipinski definition) is 5. The Labute approximate surface area is 172 Å². The molecular formula is C23H32N2O4. The monoisotopic (exact) mass is 400 g/mol.